The number of aryl methyl sites for hydroxylation is 1. The van der Waals surface area contributed by atoms with Gasteiger partial charge in [-0.2, -0.15) is 5.10 Å². The van der Waals surface area contributed by atoms with Gasteiger partial charge in [0.2, 0.25) is 0 Å². The second-order valence-corrected chi connectivity index (χ2v) is 7.10. The Morgan fingerprint density at radius 1 is 1.42 bits per heavy atom. The van der Waals surface area contributed by atoms with Crippen molar-refractivity contribution in [1.29, 1.82) is 0 Å². The van der Waals surface area contributed by atoms with Crippen LogP contribution in [0.2, 0.25) is 0 Å². The van der Waals surface area contributed by atoms with Gasteiger partial charge in [-0.15, -0.1) is 0 Å². The largest absolute Gasteiger partial charge is 0.383 e. The Balaban J connectivity index is 1.96. The summed E-state index contributed by atoms with van der Waals surface area (Å²) in [5.41, 5.74) is 6.64. The topological polar surface area (TPSA) is 50.6 Å². The molecule has 24 heavy (non-hydrogen) atoms. The van der Waals surface area contributed by atoms with E-state index in [1.165, 1.54) is 43.5 Å². The van der Waals surface area contributed by atoms with E-state index < -0.39 is 0 Å². The molecule has 0 amide bonds. The van der Waals surface area contributed by atoms with Crippen molar-refractivity contribution in [2.45, 2.75) is 65.0 Å². The average molecular weight is 351 g/mol. The van der Waals surface area contributed by atoms with E-state index in [4.69, 9.17) is 17.0 Å². The Morgan fingerprint density at radius 2 is 2.12 bits per heavy atom. The van der Waals surface area contributed by atoms with Gasteiger partial charge in [-0.05, 0) is 51.9 Å². The van der Waals surface area contributed by atoms with Gasteiger partial charge in [-0.1, -0.05) is 19.3 Å². The minimum Gasteiger partial charge on any atom is -0.383 e. The lowest BCUT2D eigenvalue weighted by atomic mass is 9.95. The zero-order chi connectivity index (χ0) is 17.5. The molecule has 2 N–H and O–H groups in total. The van der Waals surface area contributed by atoms with Crippen LogP contribution in [0.5, 0.6) is 0 Å². The van der Waals surface area contributed by atoms with Crippen LogP contribution in [0.15, 0.2) is 11.2 Å². The van der Waals surface area contributed by atoms with Gasteiger partial charge in [0.25, 0.3) is 0 Å². The number of nitrogens with zero attached hydrogens (tertiary/aromatic N) is 2. The van der Waals surface area contributed by atoms with Gasteiger partial charge < -0.3 is 14.6 Å². The summed E-state index contributed by atoms with van der Waals surface area (Å²) in [7, 11) is 1.68. The van der Waals surface area contributed by atoms with Crippen LogP contribution in [0, 0.1) is 13.8 Å². The first-order chi connectivity index (χ1) is 11.5. The van der Waals surface area contributed by atoms with E-state index in [1.54, 1.807) is 7.11 Å². The molecule has 0 saturated heterocycles. The van der Waals surface area contributed by atoms with Gasteiger partial charge in [-0.3, -0.25) is 5.43 Å². The predicted octanol–water partition coefficient (Wildman–Crippen LogP) is 3.44. The van der Waals surface area contributed by atoms with Crippen LogP contribution < -0.4 is 10.7 Å². The molecule has 0 unspecified atom stereocenters. The van der Waals surface area contributed by atoms with Gasteiger partial charge in [0.05, 0.1) is 12.8 Å². The zero-order valence-corrected chi connectivity index (χ0v) is 16.1. The first-order valence-corrected chi connectivity index (χ1v) is 9.20. The Hall–Kier alpha value is -1.40. The lowest BCUT2D eigenvalue weighted by Crippen LogP contribution is -2.40. The number of ether oxygens (including phenoxy) is 1. The number of aromatic nitrogens is 1. The molecular formula is C18H30N4OS. The maximum absolute atomic E-state index is 5.23. The van der Waals surface area contributed by atoms with E-state index in [-0.39, 0.29) is 6.04 Å². The maximum atomic E-state index is 5.23. The third-order valence-corrected chi connectivity index (χ3v) is 4.84. The Labute approximate surface area is 150 Å². The van der Waals surface area contributed by atoms with Crippen LogP contribution in [0.4, 0.5) is 0 Å². The van der Waals surface area contributed by atoms with Gasteiger partial charge in [-0.25, -0.2) is 0 Å². The lowest BCUT2D eigenvalue weighted by molar-refractivity contribution is 0.179. The van der Waals surface area contributed by atoms with Gasteiger partial charge >= 0.3 is 0 Å². The van der Waals surface area contributed by atoms with Crippen molar-refractivity contribution in [1.82, 2.24) is 15.3 Å². The van der Waals surface area contributed by atoms with Gasteiger partial charge in [0, 0.05) is 36.1 Å². The normalized spacial score (nSPS) is 17.2. The Kier molecular flexibility index (Phi) is 7.24. The molecule has 0 aliphatic heterocycles. The van der Waals surface area contributed by atoms with Gasteiger partial charge in [0.15, 0.2) is 5.11 Å². The van der Waals surface area contributed by atoms with Crippen molar-refractivity contribution < 1.29 is 4.74 Å². The lowest BCUT2D eigenvalue weighted by Gasteiger charge is -2.26. The second kappa shape index (κ2) is 9.18. The number of hydrogen-bond acceptors (Lipinski definition) is 3. The summed E-state index contributed by atoms with van der Waals surface area (Å²) in [5, 5.41) is 7.92. The highest BCUT2D eigenvalue weighted by atomic mass is 32.1. The maximum Gasteiger partial charge on any atom is 0.187 e. The third-order valence-electron chi connectivity index (χ3n) is 4.63. The number of hydrogen-bond donors (Lipinski definition) is 2. The fourth-order valence-corrected chi connectivity index (χ4v) is 3.80. The van der Waals surface area contributed by atoms with E-state index in [9.17, 15) is 0 Å². The molecule has 134 valence electrons. The molecule has 1 fully saturated rings. The average Bonchev–Trinajstić information content (AvgIpc) is 2.82. The minimum absolute atomic E-state index is 0.154. The highest BCUT2D eigenvalue weighted by Gasteiger charge is 2.19. The third kappa shape index (κ3) is 5.05. The summed E-state index contributed by atoms with van der Waals surface area (Å²) in [6.07, 6.45) is 8.49. The Morgan fingerprint density at radius 3 is 2.79 bits per heavy atom. The highest BCUT2D eigenvalue weighted by molar-refractivity contribution is 7.80. The second-order valence-electron chi connectivity index (χ2n) is 6.69. The molecule has 6 heteroatoms. The van der Waals surface area contributed by atoms with E-state index in [0.717, 1.165) is 5.56 Å². The molecule has 2 rings (SSSR count). The van der Waals surface area contributed by atoms with E-state index in [1.807, 2.05) is 13.1 Å². The van der Waals surface area contributed by atoms with Crippen LogP contribution in [-0.2, 0) is 4.74 Å². The summed E-state index contributed by atoms with van der Waals surface area (Å²) in [5.74, 6) is 0. The molecule has 1 aliphatic rings. The first-order valence-electron chi connectivity index (χ1n) is 8.80. The van der Waals surface area contributed by atoms with Crippen molar-refractivity contribution >= 4 is 23.5 Å². The molecule has 1 aromatic heterocycles. The van der Waals surface area contributed by atoms with Crippen molar-refractivity contribution in [3.63, 3.8) is 0 Å². The van der Waals surface area contributed by atoms with Crippen molar-refractivity contribution in [2.24, 2.45) is 5.10 Å². The summed E-state index contributed by atoms with van der Waals surface area (Å²) in [6.45, 7) is 6.98. The quantitative estimate of drug-likeness (QED) is 0.469. The molecule has 1 saturated carbocycles. The summed E-state index contributed by atoms with van der Waals surface area (Å²) in [4.78, 5) is 0. The minimum atomic E-state index is 0.154. The van der Waals surface area contributed by atoms with Crippen molar-refractivity contribution in [2.75, 3.05) is 13.7 Å². The number of methoxy groups -OCH3 is 1. The summed E-state index contributed by atoms with van der Waals surface area (Å²) < 4.78 is 7.56. The monoisotopic (exact) mass is 350 g/mol. The number of nitrogens with one attached hydrogen (secondary N) is 2. The van der Waals surface area contributed by atoms with Crippen molar-refractivity contribution in [3.8, 4) is 0 Å². The molecule has 1 heterocycles. The first kappa shape index (κ1) is 18.9. The van der Waals surface area contributed by atoms with Crippen LogP contribution >= 0.6 is 12.2 Å². The van der Waals surface area contributed by atoms with Crippen LogP contribution in [0.25, 0.3) is 0 Å². The van der Waals surface area contributed by atoms with Crippen LogP contribution in [0.3, 0.4) is 0 Å². The van der Waals surface area contributed by atoms with E-state index >= 15 is 0 Å². The van der Waals surface area contributed by atoms with E-state index in [0.29, 0.717) is 17.8 Å². The SMILES string of the molecule is COC[C@@H](C)NC(=S)N/N=C\c1cc(C)n(C2CCCCC2)c1C. The predicted molar refractivity (Wildman–Crippen MR) is 104 cm³/mol. The standard InChI is InChI=1S/C18H30N4OS/c1-13(12-23-4)20-18(24)21-19-11-16-10-14(2)22(15(16)3)17-8-6-5-7-9-17/h10-11,13,17H,5-9,12H2,1-4H3,(H2,20,21,24)/b19-11-/t13-/m1/s1. The Bertz CT molecular complexity index is 576. The molecular weight excluding hydrogens is 320 g/mol. The number of thiocarbonyl (C=S) groups is 1. The molecule has 1 aromatic rings. The van der Waals surface area contributed by atoms with Gasteiger partial charge in [0.1, 0.15) is 0 Å². The fourth-order valence-electron chi connectivity index (χ4n) is 3.54. The molecule has 0 radical (unpaired) electrons. The molecule has 5 nitrogen and oxygen atoms in total. The zero-order valence-electron chi connectivity index (χ0n) is 15.3. The van der Waals surface area contributed by atoms with Crippen molar-refractivity contribution in [3.05, 3.63) is 23.0 Å². The number of rotatable bonds is 6. The molecule has 0 bridgehead atoms. The molecule has 1 atom stereocenters. The molecule has 0 aromatic carbocycles. The smallest absolute Gasteiger partial charge is 0.187 e. The van der Waals surface area contributed by atoms with Crippen LogP contribution in [-0.4, -0.2) is 35.7 Å². The molecule has 0 spiro atoms. The fraction of sp³-hybridized carbons (Fsp3) is 0.667. The summed E-state index contributed by atoms with van der Waals surface area (Å²) >= 11 is 5.23. The van der Waals surface area contributed by atoms with Crippen LogP contribution in [0.1, 0.15) is 62.0 Å². The number of hydrazone groups is 1. The summed E-state index contributed by atoms with van der Waals surface area (Å²) in [6, 6.07) is 3.01. The highest BCUT2D eigenvalue weighted by Crippen LogP contribution is 2.31. The molecule has 1 aliphatic carbocycles. The van der Waals surface area contributed by atoms with E-state index in [2.05, 4.69) is 40.3 Å².